The lowest BCUT2D eigenvalue weighted by Gasteiger charge is -2.34. The van der Waals surface area contributed by atoms with Crippen LogP contribution in [-0.4, -0.2) is 26.4 Å². The summed E-state index contributed by atoms with van der Waals surface area (Å²) in [6.07, 6.45) is 8.52. The van der Waals surface area contributed by atoms with Crippen LogP contribution < -0.4 is 0 Å². The van der Waals surface area contributed by atoms with E-state index >= 15 is 0 Å². The first-order valence-corrected chi connectivity index (χ1v) is 7.85. The number of aliphatic carboxylic acids is 1. The molecule has 5 heteroatoms. The van der Waals surface area contributed by atoms with Crippen LogP contribution in [0.2, 0.25) is 0 Å². The summed E-state index contributed by atoms with van der Waals surface area (Å²) in [7, 11) is 0. The summed E-state index contributed by atoms with van der Waals surface area (Å²) >= 11 is 1.32. The lowest BCUT2D eigenvalue weighted by Crippen LogP contribution is -2.26. The van der Waals surface area contributed by atoms with Crippen molar-refractivity contribution >= 4 is 17.7 Å². The standard InChI is InChI=1S/C14H22N2O2S/c1-11-8-16(13(15-11)19-9-12(17)18)10-14(2)6-4-3-5-7-14/h8H,3-7,9-10H2,1-2H3,(H,17,18). The van der Waals surface area contributed by atoms with Crippen molar-refractivity contribution in [2.24, 2.45) is 5.41 Å². The number of hydrogen-bond acceptors (Lipinski definition) is 3. The average molecular weight is 282 g/mol. The van der Waals surface area contributed by atoms with E-state index in [1.54, 1.807) is 0 Å². The Morgan fingerprint density at radius 3 is 2.79 bits per heavy atom. The van der Waals surface area contributed by atoms with Gasteiger partial charge in [-0.2, -0.15) is 0 Å². The van der Waals surface area contributed by atoms with E-state index in [1.807, 2.05) is 13.1 Å². The monoisotopic (exact) mass is 282 g/mol. The Hall–Kier alpha value is -0.970. The van der Waals surface area contributed by atoms with Crippen molar-refractivity contribution in [2.75, 3.05) is 5.75 Å². The van der Waals surface area contributed by atoms with Crippen molar-refractivity contribution in [1.82, 2.24) is 9.55 Å². The third-order valence-electron chi connectivity index (χ3n) is 3.80. The average Bonchev–Trinajstić information content (AvgIpc) is 2.67. The summed E-state index contributed by atoms with van der Waals surface area (Å²) in [5.74, 6) is -0.714. The quantitative estimate of drug-likeness (QED) is 0.842. The molecular formula is C14H22N2O2S. The largest absolute Gasteiger partial charge is 0.481 e. The van der Waals surface area contributed by atoms with Gasteiger partial charge >= 0.3 is 5.97 Å². The molecule has 0 saturated heterocycles. The Kier molecular flexibility index (Phi) is 4.55. The second-order valence-electron chi connectivity index (χ2n) is 5.85. The predicted molar refractivity (Wildman–Crippen MR) is 76.5 cm³/mol. The molecule has 0 aliphatic heterocycles. The molecule has 1 heterocycles. The predicted octanol–water partition coefficient (Wildman–Crippen LogP) is 3.34. The minimum Gasteiger partial charge on any atom is -0.481 e. The van der Waals surface area contributed by atoms with Gasteiger partial charge in [-0.3, -0.25) is 4.79 Å². The molecule has 1 aliphatic rings. The number of rotatable bonds is 5. The molecule has 1 N–H and O–H groups in total. The Morgan fingerprint density at radius 2 is 2.16 bits per heavy atom. The molecule has 1 saturated carbocycles. The van der Waals surface area contributed by atoms with Crippen LogP contribution in [0.3, 0.4) is 0 Å². The molecule has 1 aromatic heterocycles. The van der Waals surface area contributed by atoms with Gasteiger partial charge in [-0.1, -0.05) is 37.9 Å². The van der Waals surface area contributed by atoms with Crippen molar-refractivity contribution in [3.05, 3.63) is 11.9 Å². The van der Waals surface area contributed by atoms with Gasteiger partial charge in [0.05, 0.1) is 11.4 Å². The molecule has 1 aliphatic carbocycles. The van der Waals surface area contributed by atoms with E-state index in [1.165, 1.54) is 43.9 Å². The van der Waals surface area contributed by atoms with Crippen LogP contribution in [0.15, 0.2) is 11.4 Å². The molecule has 0 radical (unpaired) electrons. The molecule has 4 nitrogen and oxygen atoms in total. The van der Waals surface area contributed by atoms with Gasteiger partial charge in [0.1, 0.15) is 0 Å². The maximum atomic E-state index is 10.7. The van der Waals surface area contributed by atoms with Gasteiger partial charge in [0.25, 0.3) is 0 Å². The number of hydrogen-bond donors (Lipinski definition) is 1. The lowest BCUT2D eigenvalue weighted by atomic mass is 9.76. The van der Waals surface area contributed by atoms with E-state index < -0.39 is 5.97 Å². The van der Waals surface area contributed by atoms with E-state index in [2.05, 4.69) is 16.5 Å². The highest BCUT2D eigenvalue weighted by molar-refractivity contribution is 7.99. The lowest BCUT2D eigenvalue weighted by molar-refractivity contribution is -0.133. The molecule has 0 spiro atoms. The zero-order valence-electron chi connectivity index (χ0n) is 11.7. The fourth-order valence-electron chi connectivity index (χ4n) is 2.85. The van der Waals surface area contributed by atoms with E-state index in [4.69, 9.17) is 5.11 Å². The van der Waals surface area contributed by atoms with Crippen LogP contribution in [0, 0.1) is 12.3 Å². The first-order valence-electron chi connectivity index (χ1n) is 6.87. The van der Waals surface area contributed by atoms with Crippen LogP contribution in [0.25, 0.3) is 0 Å². The molecule has 0 amide bonds. The van der Waals surface area contributed by atoms with Crippen molar-refractivity contribution in [3.63, 3.8) is 0 Å². The number of aromatic nitrogens is 2. The molecule has 0 atom stereocenters. The Labute approximate surface area is 118 Å². The zero-order valence-corrected chi connectivity index (χ0v) is 12.5. The van der Waals surface area contributed by atoms with Crippen molar-refractivity contribution in [1.29, 1.82) is 0 Å². The molecule has 1 aromatic rings. The molecule has 2 rings (SSSR count). The second kappa shape index (κ2) is 5.99. The Bertz CT molecular complexity index is 450. The van der Waals surface area contributed by atoms with E-state index in [-0.39, 0.29) is 5.75 Å². The number of thioether (sulfide) groups is 1. The molecule has 106 valence electrons. The third kappa shape index (κ3) is 4.00. The van der Waals surface area contributed by atoms with E-state index in [0.29, 0.717) is 5.41 Å². The zero-order chi connectivity index (χ0) is 13.9. The van der Waals surface area contributed by atoms with Crippen LogP contribution in [0.1, 0.15) is 44.7 Å². The van der Waals surface area contributed by atoms with Gasteiger partial charge in [-0.05, 0) is 25.2 Å². The maximum absolute atomic E-state index is 10.7. The maximum Gasteiger partial charge on any atom is 0.313 e. The first-order chi connectivity index (χ1) is 8.98. The van der Waals surface area contributed by atoms with Gasteiger partial charge in [0, 0.05) is 12.7 Å². The molecule has 1 fully saturated rings. The topological polar surface area (TPSA) is 55.1 Å². The van der Waals surface area contributed by atoms with E-state index in [9.17, 15) is 4.79 Å². The molecule has 0 aromatic carbocycles. The van der Waals surface area contributed by atoms with Gasteiger partial charge < -0.3 is 9.67 Å². The van der Waals surface area contributed by atoms with Crippen molar-refractivity contribution < 1.29 is 9.90 Å². The SMILES string of the molecule is Cc1cn(CC2(C)CCCCC2)c(SCC(=O)O)n1. The fourth-order valence-corrected chi connectivity index (χ4v) is 3.60. The number of imidazole rings is 1. The fraction of sp³-hybridized carbons (Fsp3) is 0.714. The van der Waals surface area contributed by atoms with Crippen molar-refractivity contribution in [2.45, 2.75) is 57.7 Å². The smallest absolute Gasteiger partial charge is 0.313 e. The number of nitrogens with zero attached hydrogens (tertiary/aromatic N) is 2. The molecular weight excluding hydrogens is 260 g/mol. The summed E-state index contributed by atoms with van der Waals surface area (Å²) < 4.78 is 2.15. The highest BCUT2D eigenvalue weighted by Gasteiger charge is 2.28. The van der Waals surface area contributed by atoms with Crippen LogP contribution in [0.4, 0.5) is 0 Å². The molecule has 0 bridgehead atoms. The Morgan fingerprint density at radius 1 is 1.47 bits per heavy atom. The van der Waals surface area contributed by atoms with Gasteiger partial charge in [0.15, 0.2) is 5.16 Å². The summed E-state index contributed by atoms with van der Waals surface area (Å²) in [4.78, 5) is 15.1. The minimum atomic E-state index is -0.791. The number of carboxylic acids is 1. The van der Waals surface area contributed by atoms with Crippen molar-refractivity contribution in [3.8, 4) is 0 Å². The second-order valence-corrected chi connectivity index (χ2v) is 6.79. The minimum absolute atomic E-state index is 0.0766. The van der Waals surface area contributed by atoms with Crippen LogP contribution in [0.5, 0.6) is 0 Å². The van der Waals surface area contributed by atoms with Gasteiger partial charge in [0.2, 0.25) is 0 Å². The first kappa shape index (κ1) is 14.4. The Balaban J connectivity index is 2.08. The molecule has 0 unspecified atom stereocenters. The normalized spacial score (nSPS) is 18.4. The summed E-state index contributed by atoms with van der Waals surface area (Å²) in [6, 6.07) is 0. The van der Waals surface area contributed by atoms with Gasteiger partial charge in [-0.15, -0.1) is 0 Å². The number of aryl methyl sites for hydroxylation is 1. The van der Waals surface area contributed by atoms with Gasteiger partial charge in [-0.25, -0.2) is 4.98 Å². The summed E-state index contributed by atoms with van der Waals surface area (Å²) in [5.41, 5.74) is 1.30. The number of carboxylic acid groups (broad SMARTS) is 1. The number of carbonyl (C=O) groups is 1. The highest BCUT2D eigenvalue weighted by atomic mass is 32.2. The molecule has 19 heavy (non-hydrogen) atoms. The summed E-state index contributed by atoms with van der Waals surface area (Å²) in [6.45, 7) is 5.26. The summed E-state index contributed by atoms with van der Waals surface area (Å²) in [5, 5.41) is 9.63. The highest BCUT2D eigenvalue weighted by Crippen LogP contribution is 2.38. The van der Waals surface area contributed by atoms with Crippen LogP contribution in [-0.2, 0) is 11.3 Å². The third-order valence-corrected chi connectivity index (χ3v) is 4.77. The van der Waals surface area contributed by atoms with E-state index in [0.717, 1.165) is 17.4 Å². The van der Waals surface area contributed by atoms with Crippen LogP contribution >= 0.6 is 11.8 Å².